The topological polar surface area (TPSA) is 173 Å². The highest BCUT2D eigenvalue weighted by Crippen LogP contribution is 2.70. The molecule has 14 unspecified atom stereocenters. The predicted octanol–water partition coefficient (Wildman–Crippen LogP) is 5.11. The van der Waals surface area contributed by atoms with Crippen LogP contribution in [0, 0.1) is 82.3 Å². The van der Waals surface area contributed by atoms with Crippen molar-refractivity contribution in [3.05, 3.63) is 0 Å². The van der Waals surface area contributed by atoms with Crippen LogP contribution in [-0.2, 0) is 57.1 Å². The lowest BCUT2D eigenvalue weighted by Crippen LogP contribution is -2.49. The number of cyclic esters (lactones) is 2. The molecule has 0 aromatic carbocycles. The number of hydrogen-bond acceptors (Lipinski definition) is 14. The molecule has 0 amide bonds. The number of hydrogen-bond donors (Lipinski definition) is 1. The molecule has 14 nitrogen and oxygen atoms in total. The van der Waals surface area contributed by atoms with E-state index >= 15 is 0 Å². The molecule has 2 aliphatic heterocycles. The van der Waals surface area contributed by atoms with Gasteiger partial charge in [0, 0.05) is 19.6 Å². The highest BCUT2D eigenvalue weighted by Gasteiger charge is 2.68. The third-order valence-corrected chi connectivity index (χ3v) is 14.8. The first-order valence-electron chi connectivity index (χ1n) is 23.2. The summed E-state index contributed by atoms with van der Waals surface area (Å²) in [5.41, 5.74) is -2.38. The highest BCUT2D eigenvalue weighted by atomic mass is 16.6. The van der Waals surface area contributed by atoms with Crippen molar-refractivity contribution in [2.24, 2.45) is 82.3 Å². The maximum absolute atomic E-state index is 14.8. The summed E-state index contributed by atoms with van der Waals surface area (Å²) < 4.78 is 40.5. The van der Waals surface area contributed by atoms with Gasteiger partial charge in [0.25, 0.3) is 0 Å². The zero-order valence-corrected chi connectivity index (χ0v) is 38.3. The van der Waals surface area contributed by atoms with Crippen LogP contribution in [-0.4, -0.2) is 124 Å². The third kappa shape index (κ3) is 11.2. The van der Waals surface area contributed by atoms with Gasteiger partial charge in [0.15, 0.2) is 0 Å². The van der Waals surface area contributed by atoms with Gasteiger partial charge >= 0.3 is 29.8 Å². The number of esters is 5. The Balaban J connectivity index is 1.36. The van der Waals surface area contributed by atoms with E-state index in [2.05, 4.69) is 11.8 Å². The van der Waals surface area contributed by atoms with Gasteiger partial charge in [-0.15, -0.1) is 0 Å². The van der Waals surface area contributed by atoms with Crippen LogP contribution in [0.15, 0.2) is 0 Å². The van der Waals surface area contributed by atoms with Gasteiger partial charge in [-0.2, -0.15) is 0 Å². The molecule has 14 atom stereocenters. The second-order valence-electron chi connectivity index (χ2n) is 21.6. The minimum absolute atomic E-state index is 0.00764. The number of ether oxygens (including phenoxy) is 7. The smallest absolute Gasteiger partial charge is 0.317 e. The first-order chi connectivity index (χ1) is 28.7. The Morgan fingerprint density at radius 1 is 0.738 bits per heavy atom. The maximum Gasteiger partial charge on any atom is 0.317 e. The molecule has 0 aromatic heterocycles. The average Bonchev–Trinajstić information content (AvgIpc) is 3.97. The van der Waals surface area contributed by atoms with E-state index in [1.165, 1.54) is 0 Å². The van der Waals surface area contributed by atoms with Gasteiger partial charge in [0.2, 0.25) is 0 Å². The van der Waals surface area contributed by atoms with E-state index in [1.54, 1.807) is 6.92 Å². The highest BCUT2D eigenvalue weighted by molar-refractivity contribution is 5.96. The molecule has 4 saturated carbocycles. The molecular formula is C47H75NO13. The monoisotopic (exact) mass is 862 g/mol. The summed E-state index contributed by atoms with van der Waals surface area (Å²) in [6, 6.07) is 0. The zero-order chi connectivity index (χ0) is 44.4. The molecule has 61 heavy (non-hydrogen) atoms. The fraction of sp³-hybridized carbons (Fsp3) is 0.894. The summed E-state index contributed by atoms with van der Waals surface area (Å²) in [5, 5.41) is 9.52. The molecule has 4 aliphatic carbocycles. The molecule has 0 aromatic rings. The Bertz CT molecular complexity index is 1560. The van der Waals surface area contributed by atoms with Crippen molar-refractivity contribution in [1.29, 1.82) is 0 Å². The van der Waals surface area contributed by atoms with Crippen molar-refractivity contribution in [2.45, 2.75) is 112 Å². The van der Waals surface area contributed by atoms with Gasteiger partial charge in [-0.3, -0.25) is 28.9 Å². The predicted molar refractivity (Wildman–Crippen MR) is 222 cm³/mol. The van der Waals surface area contributed by atoms with E-state index in [9.17, 15) is 29.1 Å². The maximum atomic E-state index is 14.8. The molecule has 0 radical (unpaired) electrons. The standard InChI is InChI=1S/C47H75NO13/c1-27(26-48-10-13-55-16-18-57-19-17-56-14-11-48)24-47(9,44(54)61-46(6,7)8)25-35-31-20-29(22-33(31)42(52)60-45(3,4)5)37(35)39-32-21-30(23-34(32)41(51)58-15-12-49)38(39)36-28(2)40(50)59-43(36)53/h27-39,49H,10-26H2,1-9H3. The normalized spacial score (nSPS) is 36.4. The van der Waals surface area contributed by atoms with E-state index in [1.807, 2.05) is 48.5 Å². The van der Waals surface area contributed by atoms with Gasteiger partial charge < -0.3 is 38.3 Å². The van der Waals surface area contributed by atoms with Crippen LogP contribution in [0.3, 0.4) is 0 Å². The van der Waals surface area contributed by atoms with Crippen molar-refractivity contribution < 1.29 is 62.2 Å². The van der Waals surface area contributed by atoms with Crippen molar-refractivity contribution in [2.75, 3.05) is 72.5 Å². The van der Waals surface area contributed by atoms with Gasteiger partial charge in [-0.25, -0.2) is 0 Å². The number of nitrogens with zero attached hydrogens (tertiary/aromatic N) is 1. The molecule has 2 heterocycles. The lowest BCUT2D eigenvalue weighted by atomic mass is 9.55. The quantitative estimate of drug-likeness (QED) is 0.147. The van der Waals surface area contributed by atoms with E-state index < -0.39 is 46.3 Å². The first kappa shape index (κ1) is 47.8. The molecule has 4 bridgehead atoms. The lowest BCUT2D eigenvalue weighted by molar-refractivity contribution is -0.171. The Morgan fingerprint density at radius 2 is 1.30 bits per heavy atom. The van der Waals surface area contributed by atoms with Gasteiger partial charge in [0.05, 0.1) is 75.3 Å². The summed E-state index contributed by atoms with van der Waals surface area (Å²) in [7, 11) is 0. The molecule has 2 saturated heterocycles. The number of carbonyl (C=O) groups excluding carboxylic acids is 5. The molecule has 0 spiro atoms. The Kier molecular flexibility index (Phi) is 15.4. The van der Waals surface area contributed by atoms with Gasteiger partial charge in [-0.05, 0) is 140 Å². The summed E-state index contributed by atoms with van der Waals surface area (Å²) in [6.45, 7) is 22.2. The van der Waals surface area contributed by atoms with E-state index in [4.69, 9.17) is 33.2 Å². The van der Waals surface area contributed by atoms with Crippen LogP contribution in [0.1, 0.15) is 101 Å². The third-order valence-electron chi connectivity index (χ3n) is 14.8. The number of aliphatic hydroxyl groups excluding tert-OH is 1. The van der Waals surface area contributed by atoms with Crippen LogP contribution in [0.4, 0.5) is 0 Å². The fourth-order valence-electron chi connectivity index (χ4n) is 12.9. The lowest BCUT2D eigenvalue weighted by Gasteiger charge is -2.49. The Labute approximate surface area is 363 Å². The first-order valence-corrected chi connectivity index (χ1v) is 23.2. The minimum Gasteiger partial charge on any atom is -0.463 e. The molecule has 346 valence electrons. The SMILES string of the molecule is CC(CN1CCOCCOCCOCC1)CC(C)(CC1C2CC(CC2C(=O)OC(C)(C)C)C1C1C2CC(CC2C(=O)OCCO)C1C1C(=O)OC(=O)C1C)C(=O)OC(C)(C)C. The summed E-state index contributed by atoms with van der Waals surface area (Å²) in [4.78, 5) is 71.5. The molecule has 14 heteroatoms. The second kappa shape index (κ2) is 19.6. The molecular weight excluding hydrogens is 787 g/mol. The summed E-state index contributed by atoms with van der Waals surface area (Å²) in [6.07, 6.45) is 3.62. The van der Waals surface area contributed by atoms with E-state index in [0.717, 1.165) is 6.42 Å². The number of fused-ring (bicyclic) bond motifs is 4. The molecule has 1 N–H and O–H groups in total. The van der Waals surface area contributed by atoms with Crippen molar-refractivity contribution >= 4 is 29.8 Å². The van der Waals surface area contributed by atoms with Crippen LogP contribution >= 0.6 is 0 Å². The number of aliphatic hydroxyl groups is 1. The number of carbonyl (C=O) groups is 5. The van der Waals surface area contributed by atoms with Gasteiger partial charge in [0.1, 0.15) is 17.8 Å². The van der Waals surface area contributed by atoms with Crippen molar-refractivity contribution in [1.82, 2.24) is 4.90 Å². The molecule has 6 fully saturated rings. The van der Waals surface area contributed by atoms with Crippen LogP contribution < -0.4 is 0 Å². The second-order valence-corrected chi connectivity index (χ2v) is 21.6. The Morgan fingerprint density at radius 3 is 1.85 bits per heavy atom. The number of rotatable bonds is 13. The minimum atomic E-state index is -0.961. The summed E-state index contributed by atoms with van der Waals surface area (Å²) >= 11 is 0. The average molecular weight is 862 g/mol. The van der Waals surface area contributed by atoms with E-state index in [0.29, 0.717) is 91.4 Å². The van der Waals surface area contributed by atoms with E-state index in [-0.39, 0.29) is 90.3 Å². The van der Waals surface area contributed by atoms with Crippen molar-refractivity contribution in [3.8, 4) is 0 Å². The van der Waals surface area contributed by atoms with Crippen molar-refractivity contribution in [3.63, 3.8) is 0 Å². The molecule has 6 aliphatic rings. The molecule has 6 rings (SSSR count). The Hall–Kier alpha value is -2.65. The summed E-state index contributed by atoms with van der Waals surface area (Å²) in [5.74, 6) is -4.52. The van der Waals surface area contributed by atoms with Crippen LogP contribution in [0.5, 0.6) is 0 Å². The van der Waals surface area contributed by atoms with Gasteiger partial charge in [-0.1, -0.05) is 13.8 Å². The van der Waals surface area contributed by atoms with Crippen LogP contribution in [0.2, 0.25) is 0 Å². The largest absolute Gasteiger partial charge is 0.463 e. The van der Waals surface area contributed by atoms with Crippen LogP contribution in [0.25, 0.3) is 0 Å². The fourth-order valence-corrected chi connectivity index (χ4v) is 12.9. The zero-order valence-electron chi connectivity index (χ0n) is 38.3.